The highest BCUT2D eigenvalue weighted by atomic mass is 127. The zero-order chi connectivity index (χ0) is 13.7. The molecule has 0 aliphatic heterocycles. The van der Waals surface area contributed by atoms with Crippen LogP contribution in [0.3, 0.4) is 0 Å². The van der Waals surface area contributed by atoms with Crippen LogP contribution in [0.4, 0.5) is 0 Å². The van der Waals surface area contributed by atoms with E-state index in [9.17, 15) is 0 Å². The zero-order valence-electron chi connectivity index (χ0n) is 11.9. The second kappa shape index (κ2) is 8.08. The standard InChI is InChI=1S/C14H21N5.HI/c1-3-11(2)17-14(15)16-8-7-12-10-19-9-5-4-6-13(19)18-12;/h4-6,9-11H,3,7-8H2,1-2H3,(H3,15,16,17);1H. The number of halogens is 1. The van der Waals surface area contributed by atoms with E-state index in [0.717, 1.165) is 24.2 Å². The third-order valence-electron chi connectivity index (χ3n) is 3.07. The van der Waals surface area contributed by atoms with Crippen molar-refractivity contribution in [3.05, 3.63) is 36.3 Å². The molecule has 3 N–H and O–H groups in total. The number of hydrogen-bond donors (Lipinski definition) is 2. The van der Waals surface area contributed by atoms with Gasteiger partial charge >= 0.3 is 0 Å². The van der Waals surface area contributed by atoms with Gasteiger partial charge in [-0.15, -0.1) is 24.0 Å². The Kier molecular flexibility index (Phi) is 6.77. The number of aromatic nitrogens is 2. The Hall–Kier alpha value is -1.31. The highest BCUT2D eigenvalue weighted by molar-refractivity contribution is 14.0. The molecule has 2 heterocycles. The lowest BCUT2D eigenvalue weighted by Crippen LogP contribution is -2.38. The molecule has 0 aliphatic carbocycles. The lowest BCUT2D eigenvalue weighted by molar-refractivity contribution is 0.636. The first kappa shape index (κ1) is 16.7. The van der Waals surface area contributed by atoms with Gasteiger partial charge in [0.1, 0.15) is 5.65 Å². The van der Waals surface area contributed by atoms with Crippen LogP contribution >= 0.6 is 24.0 Å². The van der Waals surface area contributed by atoms with Gasteiger partial charge in [0, 0.05) is 31.4 Å². The third kappa shape index (κ3) is 4.66. The van der Waals surface area contributed by atoms with Gasteiger partial charge in [-0.1, -0.05) is 13.0 Å². The van der Waals surface area contributed by atoms with E-state index in [4.69, 9.17) is 5.73 Å². The van der Waals surface area contributed by atoms with Gasteiger partial charge < -0.3 is 15.5 Å². The smallest absolute Gasteiger partial charge is 0.188 e. The Morgan fingerprint density at radius 2 is 2.30 bits per heavy atom. The van der Waals surface area contributed by atoms with E-state index < -0.39 is 0 Å². The first-order chi connectivity index (χ1) is 9.19. The highest BCUT2D eigenvalue weighted by Gasteiger charge is 2.01. The van der Waals surface area contributed by atoms with Crippen LogP contribution in [0.1, 0.15) is 26.0 Å². The second-order valence-corrected chi connectivity index (χ2v) is 4.67. The highest BCUT2D eigenvalue weighted by Crippen LogP contribution is 2.04. The van der Waals surface area contributed by atoms with Crippen LogP contribution in [0.2, 0.25) is 0 Å². The summed E-state index contributed by atoms with van der Waals surface area (Å²) in [4.78, 5) is 8.83. The lowest BCUT2D eigenvalue weighted by Gasteiger charge is -2.11. The maximum atomic E-state index is 5.80. The van der Waals surface area contributed by atoms with E-state index in [1.807, 2.05) is 35.0 Å². The molecule has 0 bridgehead atoms. The largest absolute Gasteiger partial charge is 0.370 e. The van der Waals surface area contributed by atoms with Gasteiger partial charge in [0.15, 0.2) is 5.96 Å². The Balaban J connectivity index is 0.00000200. The van der Waals surface area contributed by atoms with E-state index in [-0.39, 0.29) is 24.0 Å². The number of rotatable bonds is 5. The number of pyridine rings is 1. The van der Waals surface area contributed by atoms with Crippen molar-refractivity contribution in [1.29, 1.82) is 0 Å². The molecule has 110 valence electrons. The molecule has 0 fully saturated rings. The minimum Gasteiger partial charge on any atom is -0.370 e. The van der Waals surface area contributed by atoms with Gasteiger partial charge in [-0.25, -0.2) is 4.98 Å². The van der Waals surface area contributed by atoms with Crippen molar-refractivity contribution < 1.29 is 0 Å². The van der Waals surface area contributed by atoms with E-state index in [1.165, 1.54) is 0 Å². The fourth-order valence-electron chi connectivity index (χ4n) is 1.80. The van der Waals surface area contributed by atoms with Gasteiger partial charge in [0.05, 0.1) is 5.69 Å². The summed E-state index contributed by atoms with van der Waals surface area (Å²) >= 11 is 0. The first-order valence-corrected chi connectivity index (χ1v) is 6.68. The fraction of sp³-hybridized carbons (Fsp3) is 0.429. The summed E-state index contributed by atoms with van der Waals surface area (Å²) in [6, 6.07) is 6.33. The van der Waals surface area contributed by atoms with Gasteiger partial charge in [-0.05, 0) is 25.5 Å². The minimum absolute atomic E-state index is 0. The van der Waals surface area contributed by atoms with Crippen molar-refractivity contribution in [2.45, 2.75) is 32.7 Å². The Morgan fingerprint density at radius 3 is 3.00 bits per heavy atom. The average molecular weight is 387 g/mol. The monoisotopic (exact) mass is 387 g/mol. The molecule has 2 rings (SSSR count). The molecule has 5 nitrogen and oxygen atoms in total. The van der Waals surface area contributed by atoms with Crippen LogP contribution in [0.25, 0.3) is 5.65 Å². The van der Waals surface area contributed by atoms with Gasteiger partial charge in [-0.2, -0.15) is 0 Å². The third-order valence-corrected chi connectivity index (χ3v) is 3.07. The molecule has 1 unspecified atom stereocenters. The molecule has 6 heteroatoms. The lowest BCUT2D eigenvalue weighted by atomic mass is 10.3. The normalized spacial score (nSPS) is 13.0. The van der Waals surface area contributed by atoms with Crippen LogP contribution < -0.4 is 11.1 Å². The summed E-state index contributed by atoms with van der Waals surface area (Å²) in [5.41, 5.74) is 7.80. The molecular formula is C14H22IN5. The van der Waals surface area contributed by atoms with E-state index in [1.54, 1.807) is 0 Å². The number of aliphatic imine (C=N–C) groups is 1. The summed E-state index contributed by atoms with van der Waals surface area (Å²) in [7, 11) is 0. The minimum atomic E-state index is 0. The molecular weight excluding hydrogens is 365 g/mol. The van der Waals surface area contributed by atoms with E-state index in [2.05, 4.69) is 29.1 Å². The molecule has 0 amide bonds. The molecule has 20 heavy (non-hydrogen) atoms. The quantitative estimate of drug-likeness (QED) is 0.470. The zero-order valence-corrected chi connectivity index (χ0v) is 14.2. The SMILES string of the molecule is CCC(C)NC(N)=NCCc1cn2ccccc2n1.I. The molecule has 0 spiro atoms. The number of fused-ring (bicyclic) bond motifs is 1. The van der Waals surface area contributed by atoms with Crippen molar-refractivity contribution in [3.8, 4) is 0 Å². The summed E-state index contributed by atoms with van der Waals surface area (Å²) in [6.07, 6.45) is 5.85. The number of nitrogens with zero attached hydrogens (tertiary/aromatic N) is 3. The Bertz CT molecular complexity index is 530. The predicted octanol–water partition coefficient (Wildman–Crippen LogP) is 2.20. The topological polar surface area (TPSA) is 67.7 Å². The summed E-state index contributed by atoms with van der Waals surface area (Å²) < 4.78 is 2.01. The maximum Gasteiger partial charge on any atom is 0.188 e. The van der Waals surface area contributed by atoms with Gasteiger partial charge in [0.25, 0.3) is 0 Å². The molecule has 1 atom stereocenters. The van der Waals surface area contributed by atoms with Crippen LogP contribution in [0, 0.1) is 0 Å². The predicted molar refractivity (Wildman–Crippen MR) is 93.7 cm³/mol. The van der Waals surface area contributed by atoms with Crippen LogP contribution in [-0.4, -0.2) is 27.9 Å². The first-order valence-electron chi connectivity index (χ1n) is 6.68. The molecule has 0 aromatic carbocycles. The molecule has 0 saturated carbocycles. The average Bonchev–Trinajstić information content (AvgIpc) is 2.81. The number of hydrogen-bond acceptors (Lipinski definition) is 2. The maximum absolute atomic E-state index is 5.80. The van der Waals surface area contributed by atoms with Crippen molar-refractivity contribution in [2.24, 2.45) is 10.7 Å². The summed E-state index contributed by atoms with van der Waals surface area (Å²) in [6.45, 7) is 4.85. The fourth-order valence-corrected chi connectivity index (χ4v) is 1.80. The summed E-state index contributed by atoms with van der Waals surface area (Å²) in [5.74, 6) is 0.512. The Labute approximate surface area is 136 Å². The van der Waals surface area contributed by atoms with E-state index in [0.29, 0.717) is 18.5 Å². The second-order valence-electron chi connectivity index (χ2n) is 4.67. The number of imidazole rings is 1. The van der Waals surface area contributed by atoms with Gasteiger partial charge in [-0.3, -0.25) is 4.99 Å². The molecule has 0 radical (unpaired) electrons. The molecule has 0 aliphatic rings. The van der Waals surface area contributed by atoms with Crippen molar-refractivity contribution in [2.75, 3.05) is 6.54 Å². The number of nitrogens with two attached hydrogens (primary N) is 1. The van der Waals surface area contributed by atoms with Crippen LogP contribution in [0.5, 0.6) is 0 Å². The molecule has 0 saturated heterocycles. The summed E-state index contributed by atoms with van der Waals surface area (Å²) in [5, 5.41) is 3.14. The van der Waals surface area contributed by atoms with E-state index >= 15 is 0 Å². The van der Waals surface area contributed by atoms with Crippen molar-refractivity contribution in [1.82, 2.24) is 14.7 Å². The molecule has 2 aromatic rings. The Morgan fingerprint density at radius 1 is 1.50 bits per heavy atom. The number of nitrogens with one attached hydrogen (secondary N) is 1. The van der Waals surface area contributed by atoms with Crippen LogP contribution in [0.15, 0.2) is 35.6 Å². The van der Waals surface area contributed by atoms with Gasteiger partial charge in [0.2, 0.25) is 0 Å². The van der Waals surface area contributed by atoms with Crippen molar-refractivity contribution >= 4 is 35.6 Å². The molecule has 2 aromatic heterocycles. The number of guanidine groups is 1. The van der Waals surface area contributed by atoms with Crippen molar-refractivity contribution in [3.63, 3.8) is 0 Å². The van der Waals surface area contributed by atoms with Crippen LogP contribution in [-0.2, 0) is 6.42 Å².